The molecule has 0 radical (unpaired) electrons. The van der Waals surface area contributed by atoms with E-state index in [4.69, 9.17) is 0 Å². The van der Waals surface area contributed by atoms with Gasteiger partial charge in [0.1, 0.15) is 18.7 Å². The number of hydrogen-bond donors (Lipinski definition) is 3. The first-order chi connectivity index (χ1) is 9.70. The zero-order valence-electron chi connectivity index (χ0n) is 10.3. The number of aromatic nitrogens is 4. The molecule has 0 saturated carbocycles. The zero-order valence-corrected chi connectivity index (χ0v) is 10.3. The Balaban J connectivity index is 1.98. The van der Waals surface area contributed by atoms with Crippen LogP contribution in [-0.4, -0.2) is 49.4 Å². The number of carbonyl (C=O) groups is 2. The van der Waals surface area contributed by atoms with Crippen molar-refractivity contribution in [1.82, 2.24) is 25.2 Å². The van der Waals surface area contributed by atoms with Gasteiger partial charge in [-0.15, -0.1) is 10.2 Å². The largest absolute Gasteiger partial charge is 0.394 e. The lowest BCUT2D eigenvalue weighted by molar-refractivity contribution is -0.119. The summed E-state index contributed by atoms with van der Waals surface area (Å²) in [5.74, 6) is -1.07. The fourth-order valence-electron chi connectivity index (χ4n) is 1.40. The second-order valence-corrected chi connectivity index (χ2v) is 3.79. The van der Waals surface area contributed by atoms with E-state index in [1.807, 2.05) is 0 Å². The van der Waals surface area contributed by atoms with Crippen LogP contribution in [0.5, 0.6) is 0 Å². The van der Waals surface area contributed by atoms with Gasteiger partial charge in [-0.3, -0.25) is 20.0 Å². The second kappa shape index (κ2) is 6.38. The van der Waals surface area contributed by atoms with Crippen LogP contribution in [0.2, 0.25) is 0 Å². The Morgan fingerprint density at radius 2 is 1.90 bits per heavy atom. The molecule has 2 aromatic heterocycles. The zero-order chi connectivity index (χ0) is 14.4. The molecular formula is C11H12N6O3. The van der Waals surface area contributed by atoms with Crippen molar-refractivity contribution in [2.75, 3.05) is 12.0 Å². The molecule has 9 heteroatoms. The van der Waals surface area contributed by atoms with E-state index in [9.17, 15) is 14.7 Å². The minimum Gasteiger partial charge on any atom is -0.394 e. The van der Waals surface area contributed by atoms with Gasteiger partial charge in [-0.2, -0.15) is 0 Å². The number of carbonyl (C=O) groups excluding carboxylic acids is 2. The third-order valence-electron chi connectivity index (χ3n) is 2.40. The van der Waals surface area contributed by atoms with E-state index in [0.717, 1.165) is 0 Å². The Kier molecular flexibility index (Phi) is 4.35. The first-order valence-corrected chi connectivity index (χ1v) is 5.68. The molecule has 0 spiro atoms. The van der Waals surface area contributed by atoms with E-state index in [2.05, 4.69) is 25.9 Å². The molecule has 2 aromatic rings. The van der Waals surface area contributed by atoms with Crippen LogP contribution in [0, 0.1) is 0 Å². The summed E-state index contributed by atoms with van der Waals surface area (Å²) in [6.45, 7) is -0.537. The Hall–Kier alpha value is -2.81. The normalized spacial score (nSPS) is 11.7. The monoisotopic (exact) mass is 276 g/mol. The van der Waals surface area contributed by atoms with Gasteiger partial charge in [0.2, 0.25) is 0 Å². The molecule has 3 N–H and O–H groups in total. The molecule has 0 saturated heterocycles. The first-order valence-electron chi connectivity index (χ1n) is 5.68. The van der Waals surface area contributed by atoms with Crippen molar-refractivity contribution in [1.29, 1.82) is 0 Å². The molecule has 20 heavy (non-hydrogen) atoms. The van der Waals surface area contributed by atoms with Crippen molar-refractivity contribution in [3.8, 4) is 0 Å². The number of amides is 2. The molecule has 0 aromatic carbocycles. The predicted molar refractivity (Wildman–Crippen MR) is 67.0 cm³/mol. The van der Waals surface area contributed by atoms with Gasteiger partial charge < -0.3 is 10.4 Å². The van der Waals surface area contributed by atoms with E-state index in [0.29, 0.717) is 5.56 Å². The van der Waals surface area contributed by atoms with E-state index in [1.54, 1.807) is 0 Å². The van der Waals surface area contributed by atoms with Gasteiger partial charge in [0.25, 0.3) is 11.8 Å². The fraction of sp³-hybridized carbons (Fsp3) is 0.182. The summed E-state index contributed by atoms with van der Waals surface area (Å²) in [6, 6.07) is 1.92. The third kappa shape index (κ3) is 3.36. The van der Waals surface area contributed by atoms with Crippen LogP contribution >= 0.6 is 0 Å². The van der Waals surface area contributed by atoms with E-state index < -0.39 is 24.5 Å². The lowest BCUT2D eigenvalue weighted by Crippen LogP contribution is -2.47. The van der Waals surface area contributed by atoms with Crippen LogP contribution in [0.1, 0.15) is 10.4 Å². The lowest BCUT2D eigenvalue weighted by Gasteiger charge is -2.16. The average molecular weight is 276 g/mol. The molecule has 2 amide bonds. The molecule has 2 rings (SSSR count). The highest BCUT2D eigenvalue weighted by Crippen LogP contribution is 1.97. The highest BCUT2D eigenvalue weighted by atomic mass is 16.3. The summed E-state index contributed by atoms with van der Waals surface area (Å²) < 4.78 is 1.21. The van der Waals surface area contributed by atoms with E-state index >= 15 is 0 Å². The molecule has 0 aliphatic heterocycles. The number of pyridine rings is 1. The first kappa shape index (κ1) is 13.6. The van der Waals surface area contributed by atoms with E-state index in [-0.39, 0.29) is 0 Å². The highest BCUT2D eigenvalue weighted by Gasteiger charge is 2.20. The van der Waals surface area contributed by atoms with Crippen molar-refractivity contribution < 1.29 is 14.7 Å². The standard InChI is InChI=1S/C11H12N6O3/c18-5-9(11(20)16-17-6-13-14-7-17)15-10(19)8-1-3-12-4-2-8/h1-4,6-7,9,18H,5H2,(H,15,19)(H,16,20)/t9-/m0/s1. The van der Waals surface area contributed by atoms with Crippen LogP contribution in [0.4, 0.5) is 0 Å². The van der Waals surface area contributed by atoms with Crippen molar-refractivity contribution >= 4 is 11.8 Å². The average Bonchev–Trinajstić information content (AvgIpc) is 2.98. The summed E-state index contributed by atoms with van der Waals surface area (Å²) in [7, 11) is 0. The number of nitrogens with zero attached hydrogens (tertiary/aromatic N) is 4. The van der Waals surface area contributed by atoms with Crippen LogP contribution in [0.25, 0.3) is 0 Å². The molecule has 2 heterocycles. The Bertz CT molecular complexity index is 571. The molecule has 0 bridgehead atoms. The van der Waals surface area contributed by atoms with Crippen LogP contribution in [-0.2, 0) is 4.79 Å². The molecule has 1 atom stereocenters. The van der Waals surface area contributed by atoms with Crippen molar-refractivity contribution in [2.24, 2.45) is 0 Å². The SMILES string of the molecule is O=C(N[C@@H](CO)C(=O)Nn1cnnc1)c1ccncc1. The Labute approximate surface area is 113 Å². The minimum atomic E-state index is -1.09. The predicted octanol–water partition coefficient (Wildman–Crippen LogP) is -1.47. The third-order valence-corrected chi connectivity index (χ3v) is 2.40. The molecule has 0 unspecified atom stereocenters. The summed E-state index contributed by atoms with van der Waals surface area (Å²) in [4.78, 5) is 27.5. The molecular weight excluding hydrogens is 264 g/mol. The number of aliphatic hydroxyl groups is 1. The maximum absolute atomic E-state index is 11.9. The van der Waals surface area contributed by atoms with Crippen LogP contribution < -0.4 is 10.7 Å². The maximum Gasteiger partial charge on any atom is 0.263 e. The van der Waals surface area contributed by atoms with Gasteiger partial charge in [0.15, 0.2) is 0 Å². The van der Waals surface area contributed by atoms with Crippen molar-refractivity contribution in [2.45, 2.75) is 6.04 Å². The minimum absolute atomic E-state index is 0.343. The van der Waals surface area contributed by atoms with Crippen molar-refractivity contribution in [3.63, 3.8) is 0 Å². The summed E-state index contributed by atoms with van der Waals surface area (Å²) in [5.41, 5.74) is 2.74. The van der Waals surface area contributed by atoms with Gasteiger partial charge >= 0.3 is 0 Å². The van der Waals surface area contributed by atoms with Gasteiger partial charge in [0.05, 0.1) is 6.61 Å². The highest BCUT2D eigenvalue weighted by molar-refractivity contribution is 5.99. The second-order valence-electron chi connectivity index (χ2n) is 3.79. The lowest BCUT2D eigenvalue weighted by atomic mass is 10.2. The molecule has 9 nitrogen and oxygen atoms in total. The Morgan fingerprint density at radius 3 is 2.50 bits per heavy atom. The van der Waals surface area contributed by atoms with Gasteiger partial charge in [-0.25, -0.2) is 4.68 Å². The molecule has 0 fully saturated rings. The van der Waals surface area contributed by atoms with Crippen LogP contribution in [0.3, 0.4) is 0 Å². The quantitative estimate of drug-likeness (QED) is 0.613. The number of nitrogens with one attached hydrogen (secondary N) is 2. The van der Waals surface area contributed by atoms with Gasteiger partial charge in [0, 0.05) is 18.0 Å². The van der Waals surface area contributed by atoms with Crippen LogP contribution in [0.15, 0.2) is 37.2 Å². The summed E-state index contributed by atoms with van der Waals surface area (Å²) in [5, 5.41) is 18.6. The number of hydrogen-bond acceptors (Lipinski definition) is 6. The summed E-state index contributed by atoms with van der Waals surface area (Å²) >= 11 is 0. The molecule has 0 aliphatic carbocycles. The molecule has 0 aliphatic rings. The summed E-state index contributed by atoms with van der Waals surface area (Å²) in [6.07, 6.45) is 5.47. The smallest absolute Gasteiger partial charge is 0.263 e. The van der Waals surface area contributed by atoms with E-state index in [1.165, 1.54) is 41.9 Å². The maximum atomic E-state index is 11.9. The Morgan fingerprint density at radius 1 is 1.25 bits per heavy atom. The van der Waals surface area contributed by atoms with Crippen molar-refractivity contribution in [3.05, 3.63) is 42.7 Å². The van der Waals surface area contributed by atoms with Gasteiger partial charge in [-0.1, -0.05) is 0 Å². The number of rotatable bonds is 5. The number of aliphatic hydroxyl groups excluding tert-OH is 1. The van der Waals surface area contributed by atoms with Gasteiger partial charge in [-0.05, 0) is 12.1 Å². The topological polar surface area (TPSA) is 122 Å². The molecule has 104 valence electrons. The fourth-order valence-corrected chi connectivity index (χ4v) is 1.40.